The van der Waals surface area contributed by atoms with E-state index in [2.05, 4.69) is 23.9 Å². The first-order valence-corrected chi connectivity index (χ1v) is 8.88. The van der Waals surface area contributed by atoms with E-state index in [4.69, 9.17) is 0 Å². The molecule has 0 aliphatic carbocycles. The van der Waals surface area contributed by atoms with Crippen molar-refractivity contribution in [3.8, 4) is 0 Å². The van der Waals surface area contributed by atoms with Crippen molar-refractivity contribution < 1.29 is 8.42 Å². The fourth-order valence-electron chi connectivity index (χ4n) is 2.08. The van der Waals surface area contributed by atoms with E-state index in [1.54, 1.807) is 12.1 Å². The maximum atomic E-state index is 12.5. The van der Waals surface area contributed by atoms with Crippen molar-refractivity contribution in [1.29, 1.82) is 0 Å². The maximum Gasteiger partial charge on any atom is 0.242 e. The quantitative estimate of drug-likeness (QED) is 0.735. The van der Waals surface area contributed by atoms with E-state index in [-0.39, 0.29) is 6.04 Å². The highest BCUT2D eigenvalue weighted by Crippen LogP contribution is 2.21. The van der Waals surface area contributed by atoms with Gasteiger partial charge in [0.2, 0.25) is 10.0 Å². The summed E-state index contributed by atoms with van der Waals surface area (Å²) in [7, 11) is -3.47. The molecule has 2 N–H and O–H groups in total. The third-order valence-electron chi connectivity index (χ3n) is 3.19. The van der Waals surface area contributed by atoms with E-state index >= 15 is 0 Å². The minimum atomic E-state index is -3.47. The van der Waals surface area contributed by atoms with Crippen LogP contribution in [0.1, 0.15) is 46.5 Å². The van der Waals surface area contributed by atoms with Gasteiger partial charge in [0.05, 0.1) is 5.69 Å². The molecule has 1 aromatic rings. The molecule has 1 aromatic carbocycles. The summed E-state index contributed by atoms with van der Waals surface area (Å²) >= 11 is 0. The van der Waals surface area contributed by atoms with Gasteiger partial charge in [-0.15, -0.1) is 0 Å². The Balaban J connectivity index is 2.96. The average molecular weight is 298 g/mol. The lowest BCUT2D eigenvalue weighted by atomic mass is 10.1. The van der Waals surface area contributed by atoms with Crippen LogP contribution in [0.25, 0.3) is 0 Å². The highest BCUT2D eigenvalue weighted by Gasteiger charge is 2.21. The van der Waals surface area contributed by atoms with Crippen LogP contribution < -0.4 is 10.0 Å². The highest BCUT2D eigenvalue weighted by atomic mass is 32.2. The van der Waals surface area contributed by atoms with Crippen molar-refractivity contribution in [2.24, 2.45) is 0 Å². The fraction of sp³-hybridized carbons (Fsp3) is 0.600. The van der Waals surface area contributed by atoms with Crippen molar-refractivity contribution in [1.82, 2.24) is 4.72 Å². The van der Waals surface area contributed by atoms with Crippen molar-refractivity contribution in [3.63, 3.8) is 0 Å². The summed E-state index contributed by atoms with van der Waals surface area (Å²) in [6.45, 7) is 6.88. The minimum absolute atomic E-state index is 0.00392. The van der Waals surface area contributed by atoms with Gasteiger partial charge in [-0.1, -0.05) is 39.3 Å². The Hall–Kier alpha value is -1.07. The molecule has 1 rings (SSSR count). The zero-order valence-corrected chi connectivity index (χ0v) is 13.5. The molecule has 0 saturated heterocycles. The zero-order chi connectivity index (χ0) is 15.0. The monoisotopic (exact) mass is 298 g/mol. The number of anilines is 1. The SMILES string of the molecule is CCCNc1ccccc1S(=O)(=O)NC(CC)CCC. The molecule has 0 radical (unpaired) electrons. The largest absolute Gasteiger partial charge is 0.384 e. The average Bonchev–Trinajstić information content (AvgIpc) is 2.44. The second-order valence-electron chi connectivity index (χ2n) is 4.94. The molecule has 0 aliphatic heterocycles. The number of sulfonamides is 1. The van der Waals surface area contributed by atoms with Crippen molar-refractivity contribution >= 4 is 15.7 Å². The molecule has 0 bridgehead atoms. The molecule has 0 spiro atoms. The normalized spacial score (nSPS) is 13.2. The lowest BCUT2D eigenvalue weighted by Crippen LogP contribution is -2.34. The highest BCUT2D eigenvalue weighted by molar-refractivity contribution is 7.89. The first kappa shape index (κ1) is 17.0. The Morgan fingerprint density at radius 2 is 1.80 bits per heavy atom. The summed E-state index contributed by atoms with van der Waals surface area (Å²) in [6.07, 6.45) is 3.59. The van der Waals surface area contributed by atoms with Gasteiger partial charge in [-0.2, -0.15) is 0 Å². The zero-order valence-electron chi connectivity index (χ0n) is 12.6. The van der Waals surface area contributed by atoms with Crippen LogP contribution in [0.3, 0.4) is 0 Å². The molecule has 0 fully saturated rings. The maximum absolute atomic E-state index is 12.5. The lowest BCUT2D eigenvalue weighted by molar-refractivity contribution is 0.512. The molecule has 1 atom stereocenters. The van der Waals surface area contributed by atoms with Gasteiger partial charge in [-0.3, -0.25) is 0 Å². The molecule has 1 unspecified atom stereocenters. The van der Waals surface area contributed by atoms with Crippen LogP contribution in [-0.2, 0) is 10.0 Å². The van der Waals surface area contributed by atoms with E-state index < -0.39 is 10.0 Å². The molecular formula is C15H26N2O2S. The van der Waals surface area contributed by atoms with E-state index in [0.717, 1.165) is 32.2 Å². The standard InChI is InChI=1S/C15H26N2O2S/c1-4-9-13(6-3)17-20(18,19)15-11-8-7-10-14(15)16-12-5-2/h7-8,10-11,13,16-17H,4-6,9,12H2,1-3H3. The number of nitrogens with one attached hydrogen (secondary N) is 2. The molecule has 5 heteroatoms. The predicted molar refractivity (Wildman–Crippen MR) is 84.5 cm³/mol. The Morgan fingerprint density at radius 3 is 2.40 bits per heavy atom. The third-order valence-corrected chi connectivity index (χ3v) is 4.77. The van der Waals surface area contributed by atoms with Crippen molar-refractivity contribution in [2.75, 3.05) is 11.9 Å². The summed E-state index contributed by atoms with van der Waals surface area (Å²) in [4.78, 5) is 0.336. The molecule has 4 nitrogen and oxygen atoms in total. The molecule has 0 amide bonds. The Bertz CT molecular complexity index is 500. The number of hydrogen-bond acceptors (Lipinski definition) is 3. The van der Waals surface area contributed by atoms with Gasteiger partial charge < -0.3 is 5.32 Å². The third kappa shape index (κ3) is 4.80. The van der Waals surface area contributed by atoms with Crippen LogP contribution in [0.15, 0.2) is 29.2 Å². The van der Waals surface area contributed by atoms with Gasteiger partial charge in [-0.05, 0) is 31.4 Å². The number of para-hydroxylation sites is 1. The van der Waals surface area contributed by atoms with Crippen LogP contribution in [-0.4, -0.2) is 21.0 Å². The molecule has 0 aliphatic rings. The molecule has 0 heterocycles. The molecule has 114 valence electrons. The molecule has 0 saturated carbocycles. The first-order chi connectivity index (χ1) is 9.55. The van der Waals surface area contributed by atoms with Crippen LogP contribution in [0.4, 0.5) is 5.69 Å². The Labute approximate surface area is 123 Å². The second kappa shape index (κ2) is 8.27. The van der Waals surface area contributed by atoms with Crippen LogP contribution in [0.5, 0.6) is 0 Å². The smallest absolute Gasteiger partial charge is 0.242 e. The topological polar surface area (TPSA) is 58.2 Å². The Morgan fingerprint density at radius 1 is 1.10 bits per heavy atom. The van der Waals surface area contributed by atoms with Crippen molar-refractivity contribution in [2.45, 2.75) is 57.4 Å². The molecule has 0 aromatic heterocycles. The number of rotatable bonds is 9. The van der Waals surface area contributed by atoms with E-state index in [1.807, 2.05) is 19.1 Å². The summed E-state index contributed by atoms with van der Waals surface area (Å²) in [5.41, 5.74) is 0.674. The summed E-state index contributed by atoms with van der Waals surface area (Å²) in [5.74, 6) is 0. The van der Waals surface area contributed by atoms with Gasteiger partial charge in [-0.25, -0.2) is 13.1 Å². The number of hydrogen-bond donors (Lipinski definition) is 2. The van der Waals surface area contributed by atoms with Crippen LogP contribution in [0.2, 0.25) is 0 Å². The minimum Gasteiger partial charge on any atom is -0.384 e. The van der Waals surface area contributed by atoms with Gasteiger partial charge in [0, 0.05) is 12.6 Å². The first-order valence-electron chi connectivity index (χ1n) is 7.40. The molecule has 20 heavy (non-hydrogen) atoms. The predicted octanol–water partition coefficient (Wildman–Crippen LogP) is 3.37. The van der Waals surface area contributed by atoms with E-state index in [1.165, 1.54) is 0 Å². The van der Waals surface area contributed by atoms with Gasteiger partial charge in [0.15, 0.2) is 0 Å². The second-order valence-corrected chi connectivity index (χ2v) is 6.62. The van der Waals surface area contributed by atoms with E-state index in [9.17, 15) is 8.42 Å². The summed E-state index contributed by atoms with van der Waals surface area (Å²) in [6, 6.07) is 7.07. The lowest BCUT2D eigenvalue weighted by Gasteiger charge is -2.18. The summed E-state index contributed by atoms with van der Waals surface area (Å²) in [5, 5.41) is 3.17. The van der Waals surface area contributed by atoms with Gasteiger partial charge >= 0.3 is 0 Å². The summed E-state index contributed by atoms with van der Waals surface area (Å²) < 4.78 is 27.8. The van der Waals surface area contributed by atoms with E-state index in [0.29, 0.717) is 10.6 Å². The van der Waals surface area contributed by atoms with Gasteiger partial charge in [0.25, 0.3) is 0 Å². The van der Waals surface area contributed by atoms with Crippen LogP contribution >= 0.6 is 0 Å². The van der Waals surface area contributed by atoms with Crippen LogP contribution in [0, 0.1) is 0 Å². The Kier molecular flexibility index (Phi) is 7.02. The fourth-order valence-corrected chi connectivity index (χ4v) is 3.62. The van der Waals surface area contributed by atoms with Gasteiger partial charge in [0.1, 0.15) is 4.90 Å². The molecular weight excluding hydrogens is 272 g/mol. The van der Waals surface area contributed by atoms with Crippen molar-refractivity contribution in [3.05, 3.63) is 24.3 Å². The number of benzene rings is 1.